The van der Waals surface area contributed by atoms with Crippen molar-refractivity contribution in [1.82, 2.24) is 0 Å². The van der Waals surface area contributed by atoms with E-state index in [0.717, 1.165) is 0 Å². The van der Waals surface area contributed by atoms with Crippen molar-refractivity contribution in [2.24, 2.45) is 0 Å². The molecule has 0 atom stereocenters. The molecule has 0 amide bonds. The summed E-state index contributed by atoms with van der Waals surface area (Å²) in [6, 6.07) is 0. The van der Waals surface area contributed by atoms with Crippen molar-refractivity contribution < 1.29 is 113 Å². The van der Waals surface area contributed by atoms with Gasteiger partial charge in [-0.3, -0.25) is 0 Å². The molecule has 7 heavy (non-hydrogen) atoms. The fourth-order valence-electron chi connectivity index (χ4n) is 0. The first kappa shape index (κ1) is 22.7. The third kappa shape index (κ3) is 59.0. The summed E-state index contributed by atoms with van der Waals surface area (Å²) in [6.07, 6.45) is 0. The molecule has 0 aromatic rings. The Morgan fingerprint density at radius 2 is 1.14 bits per heavy atom. The third-order valence-electron chi connectivity index (χ3n) is 0. The second kappa shape index (κ2) is 15.8. The molecular formula is HK2NO4. The van der Waals surface area contributed by atoms with Crippen molar-refractivity contribution in [2.75, 3.05) is 0 Å². The summed E-state index contributed by atoms with van der Waals surface area (Å²) in [7, 11) is 0. The van der Waals surface area contributed by atoms with Crippen LogP contribution >= 0.6 is 0 Å². The van der Waals surface area contributed by atoms with Crippen LogP contribution in [0.15, 0.2) is 0 Å². The Morgan fingerprint density at radius 1 is 1.14 bits per heavy atom. The van der Waals surface area contributed by atoms with Crippen LogP contribution in [0.3, 0.4) is 0 Å². The van der Waals surface area contributed by atoms with Crippen LogP contribution in [0.5, 0.6) is 0 Å². The van der Waals surface area contributed by atoms with E-state index < -0.39 is 5.09 Å². The second-order valence-electron chi connectivity index (χ2n) is 0.224. The zero-order valence-electron chi connectivity index (χ0n) is 4.12. The van der Waals surface area contributed by atoms with Crippen LogP contribution in [0.2, 0.25) is 0 Å². The summed E-state index contributed by atoms with van der Waals surface area (Å²) in [5.41, 5.74) is 0. The van der Waals surface area contributed by atoms with E-state index in [0.29, 0.717) is 0 Å². The topological polar surface area (TPSA) is 96.2 Å². The molecule has 5 nitrogen and oxygen atoms in total. The normalized spacial score (nSPS) is 3.43. The van der Waals surface area contributed by atoms with Gasteiger partial charge in [-0.25, -0.2) is 0 Å². The van der Waals surface area contributed by atoms with Gasteiger partial charge in [-0.15, -0.1) is 0 Å². The van der Waals surface area contributed by atoms with Crippen molar-refractivity contribution in [2.45, 2.75) is 0 Å². The van der Waals surface area contributed by atoms with Gasteiger partial charge in [0.1, 0.15) is 0 Å². The Hall–Kier alpha value is 2.43. The van der Waals surface area contributed by atoms with Crippen molar-refractivity contribution in [3.63, 3.8) is 0 Å². The van der Waals surface area contributed by atoms with E-state index in [4.69, 9.17) is 15.3 Å². The molecular weight excluding hydrogens is 156 g/mol. The van der Waals surface area contributed by atoms with Gasteiger partial charge in [0, 0.05) is 0 Å². The van der Waals surface area contributed by atoms with Gasteiger partial charge in [0.2, 0.25) is 0 Å². The molecule has 0 rings (SSSR count). The SMILES string of the molecule is O=[N+]([O-])[O-].[K+].[K+].[OH-]. The van der Waals surface area contributed by atoms with Crippen LogP contribution in [-0.4, -0.2) is 10.6 Å². The summed E-state index contributed by atoms with van der Waals surface area (Å²) < 4.78 is 0. The van der Waals surface area contributed by atoms with Crippen LogP contribution in [0.1, 0.15) is 0 Å². The fourth-order valence-corrected chi connectivity index (χ4v) is 0. The van der Waals surface area contributed by atoms with E-state index in [1.165, 1.54) is 0 Å². The minimum Gasteiger partial charge on any atom is -0.870 e. The molecule has 0 radical (unpaired) electrons. The molecule has 0 aliphatic heterocycles. The molecule has 0 bridgehead atoms. The minimum atomic E-state index is -1.75. The monoisotopic (exact) mass is 157 g/mol. The van der Waals surface area contributed by atoms with E-state index >= 15 is 0 Å². The van der Waals surface area contributed by atoms with E-state index in [9.17, 15) is 0 Å². The van der Waals surface area contributed by atoms with Crippen LogP contribution in [-0.2, 0) is 0 Å². The molecule has 0 aliphatic carbocycles. The van der Waals surface area contributed by atoms with Gasteiger partial charge < -0.3 is 20.8 Å². The molecule has 0 fully saturated rings. The predicted molar refractivity (Wildman–Crippen MR) is 12.3 cm³/mol. The standard InChI is InChI=1S/2K.NO3.H2O/c;;2-1(3)4;/h;;;1H2/q2*+1;-1;/p-1. The first-order valence-electron chi connectivity index (χ1n) is 0.548. The van der Waals surface area contributed by atoms with E-state index in [1.54, 1.807) is 0 Å². The average Bonchev–Trinajstić information content (AvgIpc) is 0.811. The van der Waals surface area contributed by atoms with Crippen molar-refractivity contribution in [3.8, 4) is 0 Å². The zero-order chi connectivity index (χ0) is 3.58. The van der Waals surface area contributed by atoms with Crippen molar-refractivity contribution in [1.29, 1.82) is 0 Å². The molecule has 0 spiro atoms. The van der Waals surface area contributed by atoms with Crippen LogP contribution in [0, 0.1) is 15.3 Å². The van der Waals surface area contributed by atoms with E-state index in [-0.39, 0.29) is 108 Å². The second-order valence-corrected chi connectivity index (χ2v) is 0.224. The number of rotatable bonds is 0. The predicted octanol–water partition coefficient (Wildman–Crippen LogP) is -6.41. The summed E-state index contributed by atoms with van der Waals surface area (Å²) >= 11 is 0. The molecule has 7 heteroatoms. The van der Waals surface area contributed by atoms with Gasteiger partial charge in [0.05, 0.1) is 5.09 Å². The van der Waals surface area contributed by atoms with Gasteiger partial charge in [-0.2, -0.15) is 0 Å². The Balaban J connectivity index is -0.0000000150. The minimum absolute atomic E-state index is 0. The van der Waals surface area contributed by atoms with Crippen molar-refractivity contribution in [3.05, 3.63) is 15.3 Å². The van der Waals surface area contributed by atoms with E-state index in [1.807, 2.05) is 0 Å². The van der Waals surface area contributed by atoms with Gasteiger partial charge in [-0.1, -0.05) is 0 Å². The van der Waals surface area contributed by atoms with Crippen molar-refractivity contribution >= 4 is 0 Å². The molecule has 32 valence electrons. The quantitative estimate of drug-likeness (QED) is 0.198. The molecule has 0 aliphatic rings. The van der Waals surface area contributed by atoms with Gasteiger partial charge in [0.15, 0.2) is 0 Å². The van der Waals surface area contributed by atoms with Gasteiger partial charge >= 0.3 is 103 Å². The Morgan fingerprint density at radius 3 is 1.14 bits per heavy atom. The largest absolute Gasteiger partial charge is 1.00 e. The summed E-state index contributed by atoms with van der Waals surface area (Å²) in [4.78, 5) is 8.25. The molecule has 0 aromatic heterocycles. The Kier molecular flexibility index (Phi) is 51.2. The van der Waals surface area contributed by atoms with Gasteiger partial charge in [0.25, 0.3) is 0 Å². The first-order valence-corrected chi connectivity index (χ1v) is 0.548. The number of nitrogens with zero attached hydrogens (tertiary/aromatic N) is 1. The smallest absolute Gasteiger partial charge is 0.870 e. The summed E-state index contributed by atoms with van der Waals surface area (Å²) in [5.74, 6) is 0. The Labute approximate surface area is 125 Å². The molecule has 0 unspecified atom stereocenters. The first-order chi connectivity index (χ1) is 1.73. The van der Waals surface area contributed by atoms with Gasteiger partial charge in [-0.05, 0) is 0 Å². The maximum absolute atomic E-state index is 8.25. The fraction of sp³-hybridized carbons (Fsp3) is 0. The molecule has 1 N–H and O–H groups in total. The van der Waals surface area contributed by atoms with Crippen LogP contribution in [0.4, 0.5) is 0 Å². The van der Waals surface area contributed by atoms with Crippen LogP contribution < -0.4 is 103 Å². The summed E-state index contributed by atoms with van der Waals surface area (Å²) in [5, 5.41) is 14.8. The number of hydrogen-bond acceptors (Lipinski definition) is 4. The summed E-state index contributed by atoms with van der Waals surface area (Å²) in [6.45, 7) is 0. The molecule has 0 heterocycles. The van der Waals surface area contributed by atoms with E-state index in [2.05, 4.69) is 0 Å². The molecule has 0 saturated carbocycles. The molecule has 0 saturated heterocycles. The zero-order valence-corrected chi connectivity index (χ0v) is 10.4. The average molecular weight is 157 g/mol. The van der Waals surface area contributed by atoms with Crippen LogP contribution in [0.25, 0.3) is 0 Å². The Bertz CT molecular complexity index is 32.7. The maximum Gasteiger partial charge on any atom is 1.00 e. The molecule has 0 aromatic carbocycles. The number of hydrogen-bond donors (Lipinski definition) is 0. The maximum atomic E-state index is 8.25. The third-order valence-corrected chi connectivity index (χ3v) is 0.